The second-order valence-electron chi connectivity index (χ2n) is 7.05. The van der Waals surface area contributed by atoms with Crippen molar-refractivity contribution in [1.82, 2.24) is 25.5 Å². The quantitative estimate of drug-likeness (QED) is 0.689. The standard InChI is InChI=1S/C21H23N5O2/c1-28-17-8-6-16(7-9-17)21(10-2-3-11-21)20(27)23-14-18-24-19(26-25-18)15-5-4-12-22-13-15/h4-9,12-13H,2-3,10-11,14H2,1H3,(H,23,27)(H,24,25,26). The summed E-state index contributed by atoms with van der Waals surface area (Å²) in [5, 5.41) is 10.2. The molecule has 0 spiro atoms. The third-order valence-electron chi connectivity index (χ3n) is 5.40. The fourth-order valence-electron chi connectivity index (χ4n) is 3.87. The van der Waals surface area contributed by atoms with E-state index in [1.54, 1.807) is 19.5 Å². The van der Waals surface area contributed by atoms with E-state index in [1.807, 2.05) is 36.4 Å². The number of carbonyl (C=O) groups excluding carboxylic acids is 1. The van der Waals surface area contributed by atoms with Gasteiger partial charge in [0.1, 0.15) is 11.6 Å². The predicted octanol–water partition coefficient (Wildman–Crippen LogP) is 3.00. The first-order valence-electron chi connectivity index (χ1n) is 9.46. The van der Waals surface area contributed by atoms with Gasteiger partial charge in [-0.25, -0.2) is 4.98 Å². The van der Waals surface area contributed by atoms with Crippen molar-refractivity contribution in [2.45, 2.75) is 37.6 Å². The van der Waals surface area contributed by atoms with Crippen molar-refractivity contribution >= 4 is 5.91 Å². The van der Waals surface area contributed by atoms with Gasteiger partial charge in [0.15, 0.2) is 5.82 Å². The third kappa shape index (κ3) is 3.47. The SMILES string of the molecule is COc1ccc(C2(C(=O)NCc3nc(-c4cccnc4)n[nH]3)CCCC2)cc1. The van der Waals surface area contributed by atoms with E-state index >= 15 is 0 Å². The van der Waals surface area contributed by atoms with Crippen LogP contribution in [0.3, 0.4) is 0 Å². The van der Waals surface area contributed by atoms with Crippen LogP contribution in [0.25, 0.3) is 11.4 Å². The summed E-state index contributed by atoms with van der Waals surface area (Å²) in [6.45, 7) is 0.310. The monoisotopic (exact) mass is 377 g/mol. The Morgan fingerprint density at radius 3 is 2.68 bits per heavy atom. The van der Waals surface area contributed by atoms with Crippen LogP contribution in [0, 0.1) is 0 Å². The molecule has 0 saturated heterocycles. The normalized spacial score (nSPS) is 15.3. The lowest BCUT2D eigenvalue weighted by molar-refractivity contribution is -0.126. The number of aromatic nitrogens is 4. The zero-order chi connectivity index (χ0) is 19.4. The van der Waals surface area contributed by atoms with Gasteiger partial charge < -0.3 is 10.1 Å². The lowest BCUT2D eigenvalue weighted by Gasteiger charge is -2.28. The number of methoxy groups -OCH3 is 1. The second kappa shape index (κ2) is 7.80. The Kier molecular flexibility index (Phi) is 5.06. The second-order valence-corrected chi connectivity index (χ2v) is 7.05. The average molecular weight is 377 g/mol. The number of amides is 1. The summed E-state index contributed by atoms with van der Waals surface area (Å²) in [4.78, 5) is 21.7. The van der Waals surface area contributed by atoms with Gasteiger partial charge in [-0.1, -0.05) is 25.0 Å². The average Bonchev–Trinajstić information content (AvgIpc) is 3.43. The summed E-state index contributed by atoms with van der Waals surface area (Å²) < 4.78 is 5.25. The highest BCUT2D eigenvalue weighted by atomic mass is 16.5. The minimum absolute atomic E-state index is 0.0366. The highest BCUT2D eigenvalue weighted by Gasteiger charge is 2.42. The Morgan fingerprint density at radius 1 is 1.21 bits per heavy atom. The molecule has 2 heterocycles. The third-order valence-corrected chi connectivity index (χ3v) is 5.40. The molecule has 2 aromatic heterocycles. The molecule has 1 saturated carbocycles. The van der Waals surface area contributed by atoms with Crippen molar-refractivity contribution < 1.29 is 9.53 Å². The molecular weight excluding hydrogens is 354 g/mol. The first kappa shape index (κ1) is 18.2. The zero-order valence-corrected chi connectivity index (χ0v) is 15.8. The first-order valence-corrected chi connectivity index (χ1v) is 9.46. The summed E-state index contributed by atoms with van der Waals surface area (Å²) in [6, 6.07) is 11.6. The van der Waals surface area contributed by atoms with Gasteiger partial charge in [0, 0.05) is 18.0 Å². The number of aromatic amines is 1. The van der Waals surface area contributed by atoms with E-state index in [9.17, 15) is 4.79 Å². The number of ether oxygens (including phenoxy) is 1. The van der Waals surface area contributed by atoms with Crippen LogP contribution in [0.2, 0.25) is 0 Å². The number of benzene rings is 1. The Morgan fingerprint density at radius 2 is 2.00 bits per heavy atom. The maximum Gasteiger partial charge on any atom is 0.231 e. The molecule has 1 aliphatic rings. The van der Waals surface area contributed by atoms with E-state index in [4.69, 9.17) is 4.74 Å². The van der Waals surface area contributed by atoms with Crippen molar-refractivity contribution in [2.75, 3.05) is 7.11 Å². The molecule has 7 heteroatoms. The van der Waals surface area contributed by atoms with Crippen molar-refractivity contribution in [3.05, 3.63) is 60.2 Å². The van der Waals surface area contributed by atoms with Crippen LogP contribution in [0.15, 0.2) is 48.8 Å². The van der Waals surface area contributed by atoms with Gasteiger partial charge in [-0.05, 0) is 42.7 Å². The van der Waals surface area contributed by atoms with E-state index in [2.05, 4.69) is 25.5 Å². The van der Waals surface area contributed by atoms with E-state index in [-0.39, 0.29) is 5.91 Å². The smallest absolute Gasteiger partial charge is 0.231 e. The minimum atomic E-state index is -0.488. The van der Waals surface area contributed by atoms with Crippen molar-refractivity contribution in [2.24, 2.45) is 0 Å². The van der Waals surface area contributed by atoms with Gasteiger partial charge in [0.2, 0.25) is 5.91 Å². The van der Waals surface area contributed by atoms with Gasteiger partial charge in [-0.3, -0.25) is 14.9 Å². The molecule has 4 rings (SSSR count). The number of H-pyrrole nitrogens is 1. The van der Waals surface area contributed by atoms with Crippen LogP contribution in [-0.2, 0) is 16.8 Å². The predicted molar refractivity (Wildman–Crippen MR) is 105 cm³/mol. The molecular formula is C21H23N5O2. The molecule has 0 unspecified atom stereocenters. The molecule has 0 atom stereocenters. The van der Waals surface area contributed by atoms with Gasteiger partial charge >= 0.3 is 0 Å². The Balaban J connectivity index is 1.47. The summed E-state index contributed by atoms with van der Waals surface area (Å²) in [5.41, 5.74) is 1.39. The maximum absolute atomic E-state index is 13.2. The van der Waals surface area contributed by atoms with Crippen LogP contribution in [0.5, 0.6) is 5.75 Å². The fourth-order valence-corrected chi connectivity index (χ4v) is 3.87. The van der Waals surface area contributed by atoms with Crippen molar-refractivity contribution in [3.8, 4) is 17.1 Å². The highest BCUT2D eigenvalue weighted by Crippen LogP contribution is 2.41. The van der Waals surface area contributed by atoms with Crippen molar-refractivity contribution in [3.63, 3.8) is 0 Å². The Hall–Kier alpha value is -3.22. The zero-order valence-electron chi connectivity index (χ0n) is 15.8. The molecule has 0 radical (unpaired) electrons. The number of pyridine rings is 1. The molecule has 1 aromatic carbocycles. The van der Waals surface area contributed by atoms with Gasteiger partial charge in [-0.2, -0.15) is 5.10 Å². The molecule has 3 aromatic rings. The number of carbonyl (C=O) groups is 1. The van der Waals surface area contributed by atoms with Crippen LogP contribution in [-0.4, -0.2) is 33.2 Å². The van der Waals surface area contributed by atoms with E-state index < -0.39 is 5.41 Å². The molecule has 7 nitrogen and oxygen atoms in total. The number of nitrogens with one attached hydrogen (secondary N) is 2. The van der Waals surface area contributed by atoms with Crippen LogP contribution in [0.1, 0.15) is 37.1 Å². The van der Waals surface area contributed by atoms with E-state index in [0.717, 1.165) is 42.6 Å². The van der Waals surface area contributed by atoms with Crippen LogP contribution in [0.4, 0.5) is 0 Å². The van der Waals surface area contributed by atoms with E-state index in [0.29, 0.717) is 18.2 Å². The maximum atomic E-state index is 13.2. The van der Waals surface area contributed by atoms with Gasteiger partial charge in [0.25, 0.3) is 0 Å². The lowest BCUT2D eigenvalue weighted by atomic mass is 9.78. The summed E-state index contributed by atoms with van der Waals surface area (Å²) in [5.74, 6) is 2.02. The van der Waals surface area contributed by atoms with Crippen molar-refractivity contribution in [1.29, 1.82) is 0 Å². The lowest BCUT2D eigenvalue weighted by Crippen LogP contribution is -2.42. The molecule has 2 N–H and O–H groups in total. The molecule has 1 aliphatic carbocycles. The number of hydrogen-bond acceptors (Lipinski definition) is 5. The topological polar surface area (TPSA) is 92.8 Å². The minimum Gasteiger partial charge on any atom is -0.497 e. The Bertz CT molecular complexity index is 931. The Labute approximate surface area is 163 Å². The number of nitrogens with zero attached hydrogens (tertiary/aromatic N) is 3. The molecule has 1 fully saturated rings. The molecule has 144 valence electrons. The molecule has 1 amide bonds. The highest BCUT2D eigenvalue weighted by molar-refractivity contribution is 5.88. The molecule has 0 aliphatic heterocycles. The number of rotatable bonds is 6. The first-order chi connectivity index (χ1) is 13.7. The molecule has 28 heavy (non-hydrogen) atoms. The summed E-state index contributed by atoms with van der Waals surface area (Å²) in [7, 11) is 1.64. The largest absolute Gasteiger partial charge is 0.497 e. The fraction of sp³-hybridized carbons (Fsp3) is 0.333. The van der Waals surface area contributed by atoms with Crippen LogP contribution < -0.4 is 10.1 Å². The molecule has 0 bridgehead atoms. The van der Waals surface area contributed by atoms with E-state index in [1.165, 1.54) is 0 Å². The van der Waals surface area contributed by atoms with Gasteiger partial charge in [-0.15, -0.1) is 0 Å². The summed E-state index contributed by atoms with van der Waals surface area (Å²) >= 11 is 0. The number of hydrogen-bond donors (Lipinski definition) is 2. The summed E-state index contributed by atoms with van der Waals surface area (Å²) in [6.07, 6.45) is 7.21. The van der Waals surface area contributed by atoms with Gasteiger partial charge in [0.05, 0.1) is 19.1 Å². The van der Waals surface area contributed by atoms with Crippen LogP contribution >= 0.6 is 0 Å².